The maximum absolute atomic E-state index is 2.74. The van der Waals surface area contributed by atoms with E-state index in [0.717, 1.165) is 0 Å². The van der Waals surface area contributed by atoms with Crippen LogP contribution in [0.15, 0.2) is 0 Å². The fraction of sp³-hybridized carbons (Fsp3) is 1.00. The Labute approximate surface area is 110 Å². The predicted molar refractivity (Wildman–Crippen MR) is 77.1 cm³/mol. The molecular formula is C11H20I2. The van der Waals surface area contributed by atoms with Gasteiger partial charge in [0.1, 0.15) is 0 Å². The molecule has 0 heterocycles. The van der Waals surface area contributed by atoms with Crippen LogP contribution in [0.3, 0.4) is 0 Å². The Bertz CT molecular complexity index is 157. The van der Waals surface area contributed by atoms with Crippen molar-refractivity contribution in [1.29, 1.82) is 0 Å². The van der Waals surface area contributed by atoms with Crippen LogP contribution in [0.5, 0.6) is 0 Å². The van der Waals surface area contributed by atoms with Crippen molar-refractivity contribution in [1.82, 2.24) is 0 Å². The second-order valence-corrected chi connectivity index (χ2v) is 8.24. The second-order valence-electron chi connectivity index (χ2n) is 5.19. The summed E-state index contributed by atoms with van der Waals surface area (Å²) in [5.74, 6) is 0. The zero-order chi connectivity index (χ0) is 9.95. The van der Waals surface area contributed by atoms with Gasteiger partial charge in [0.05, 0.1) is 0 Å². The number of rotatable bonds is 3. The van der Waals surface area contributed by atoms with E-state index in [4.69, 9.17) is 0 Å². The topological polar surface area (TPSA) is 0 Å². The Kier molecular flexibility index (Phi) is 4.81. The average Bonchev–Trinajstić information content (AvgIpc) is 2.04. The van der Waals surface area contributed by atoms with Gasteiger partial charge in [-0.15, -0.1) is 0 Å². The van der Waals surface area contributed by atoms with Crippen LogP contribution in [0.2, 0.25) is 0 Å². The molecule has 13 heavy (non-hydrogen) atoms. The molecule has 1 rings (SSSR count). The monoisotopic (exact) mass is 406 g/mol. The largest absolute Gasteiger partial charge is 0.0858 e. The van der Waals surface area contributed by atoms with Crippen LogP contribution in [0.1, 0.15) is 52.4 Å². The first kappa shape index (κ1) is 12.5. The Morgan fingerprint density at radius 1 is 1.15 bits per heavy atom. The number of hydrogen-bond acceptors (Lipinski definition) is 0. The van der Waals surface area contributed by atoms with E-state index in [1.165, 1.54) is 43.0 Å². The molecule has 0 spiro atoms. The maximum Gasteiger partial charge on any atom is 0.0227 e. The maximum atomic E-state index is 2.74. The Hall–Kier alpha value is 1.46. The van der Waals surface area contributed by atoms with Gasteiger partial charge < -0.3 is 0 Å². The summed E-state index contributed by atoms with van der Waals surface area (Å²) in [5, 5.41) is 0. The molecule has 1 saturated carbocycles. The highest BCUT2D eigenvalue weighted by atomic mass is 127. The van der Waals surface area contributed by atoms with E-state index >= 15 is 0 Å². The van der Waals surface area contributed by atoms with Crippen LogP contribution in [-0.2, 0) is 0 Å². The van der Waals surface area contributed by atoms with Crippen LogP contribution < -0.4 is 0 Å². The van der Waals surface area contributed by atoms with E-state index < -0.39 is 0 Å². The molecule has 0 unspecified atom stereocenters. The molecule has 0 aromatic rings. The fourth-order valence-electron chi connectivity index (χ4n) is 2.27. The molecule has 0 amide bonds. The lowest BCUT2D eigenvalue weighted by atomic mass is 9.77. The average molecular weight is 406 g/mol. The third kappa shape index (κ3) is 4.22. The Morgan fingerprint density at radius 2 is 1.69 bits per heavy atom. The molecule has 1 aliphatic rings. The molecular weight excluding hydrogens is 386 g/mol. The highest BCUT2D eigenvalue weighted by molar-refractivity contribution is 14.1. The molecule has 0 aromatic carbocycles. The number of hydrogen-bond donors (Lipinski definition) is 0. The van der Waals surface area contributed by atoms with E-state index in [9.17, 15) is 0 Å². The van der Waals surface area contributed by atoms with Crippen molar-refractivity contribution >= 4 is 45.2 Å². The molecule has 0 N–H and O–H groups in total. The van der Waals surface area contributed by atoms with Gasteiger partial charge in [-0.2, -0.15) is 0 Å². The molecule has 78 valence electrons. The molecule has 0 radical (unpaired) electrons. The lowest BCUT2D eigenvalue weighted by Gasteiger charge is -2.38. The van der Waals surface area contributed by atoms with Gasteiger partial charge in [-0.3, -0.25) is 0 Å². The van der Waals surface area contributed by atoms with Crippen molar-refractivity contribution in [2.45, 2.75) is 55.8 Å². The summed E-state index contributed by atoms with van der Waals surface area (Å²) >= 11 is 5.26. The summed E-state index contributed by atoms with van der Waals surface area (Å²) in [5.41, 5.74) is 0.541. The van der Waals surface area contributed by atoms with Crippen LogP contribution in [0.4, 0.5) is 0 Å². The van der Waals surface area contributed by atoms with Crippen molar-refractivity contribution in [3.63, 3.8) is 0 Å². The second kappa shape index (κ2) is 4.99. The third-order valence-electron chi connectivity index (χ3n) is 2.91. The molecule has 2 heteroatoms. The van der Waals surface area contributed by atoms with Crippen molar-refractivity contribution < 1.29 is 0 Å². The van der Waals surface area contributed by atoms with Gasteiger partial charge in [0.2, 0.25) is 0 Å². The molecule has 0 nitrogen and oxygen atoms in total. The van der Waals surface area contributed by atoms with E-state index in [-0.39, 0.29) is 0 Å². The minimum absolute atomic E-state index is 0.541. The Balaban J connectivity index is 2.49. The van der Waals surface area contributed by atoms with Gasteiger partial charge >= 0.3 is 0 Å². The van der Waals surface area contributed by atoms with Gasteiger partial charge in [-0.25, -0.2) is 0 Å². The van der Waals surface area contributed by atoms with Crippen LogP contribution >= 0.6 is 45.2 Å². The van der Waals surface area contributed by atoms with Crippen LogP contribution in [-0.4, -0.2) is 7.85 Å². The summed E-state index contributed by atoms with van der Waals surface area (Å²) in [6, 6.07) is 0. The fourth-order valence-corrected chi connectivity index (χ4v) is 4.33. The van der Waals surface area contributed by atoms with Gasteiger partial charge in [0.15, 0.2) is 0 Å². The summed E-state index contributed by atoms with van der Waals surface area (Å²) in [6.07, 6.45) is 8.70. The highest BCUT2D eigenvalue weighted by Crippen LogP contribution is 2.44. The molecule has 0 aliphatic heterocycles. The molecule has 0 bridgehead atoms. The van der Waals surface area contributed by atoms with Crippen molar-refractivity contribution in [2.24, 2.45) is 5.41 Å². The van der Waals surface area contributed by atoms with Gasteiger partial charge in [-0.05, 0) is 24.7 Å². The van der Waals surface area contributed by atoms with E-state index in [1.807, 2.05) is 0 Å². The molecule has 1 aliphatic carbocycles. The van der Waals surface area contributed by atoms with Gasteiger partial charge in [0.25, 0.3) is 0 Å². The predicted octanol–water partition coefficient (Wildman–Crippen LogP) is 4.98. The molecule has 0 atom stereocenters. The van der Waals surface area contributed by atoms with Crippen molar-refractivity contribution in [3.8, 4) is 0 Å². The van der Waals surface area contributed by atoms with Crippen LogP contribution in [0.25, 0.3) is 0 Å². The zero-order valence-corrected chi connectivity index (χ0v) is 13.0. The molecule has 0 aromatic heterocycles. The lowest BCUT2D eigenvalue weighted by Crippen LogP contribution is -2.31. The number of alkyl halides is 2. The Morgan fingerprint density at radius 3 is 2.15 bits per heavy atom. The van der Waals surface area contributed by atoms with Crippen LogP contribution in [0, 0.1) is 5.41 Å². The standard InChI is InChI=1S/C11H20I2/c1-10(2,9-12)8-11(13)6-4-3-5-7-11/h3-9H2,1-2H3. The third-order valence-corrected chi connectivity index (χ3v) is 6.43. The first-order valence-corrected chi connectivity index (χ1v) is 7.83. The zero-order valence-electron chi connectivity index (χ0n) is 8.71. The van der Waals surface area contributed by atoms with Gasteiger partial charge in [0, 0.05) is 7.85 Å². The normalized spacial score (nSPS) is 23.1. The van der Waals surface area contributed by atoms with Crippen molar-refractivity contribution in [2.75, 3.05) is 4.43 Å². The van der Waals surface area contributed by atoms with E-state index in [2.05, 4.69) is 59.0 Å². The quantitative estimate of drug-likeness (QED) is 0.459. The summed E-state index contributed by atoms with van der Waals surface area (Å²) in [4.78, 5) is 0. The smallest absolute Gasteiger partial charge is 0.0227 e. The molecule has 0 saturated heterocycles. The lowest BCUT2D eigenvalue weighted by molar-refractivity contribution is 0.289. The highest BCUT2D eigenvalue weighted by Gasteiger charge is 2.34. The first-order valence-electron chi connectivity index (χ1n) is 5.22. The summed E-state index contributed by atoms with van der Waals surface area (Å²) < 4.78 is 1.92. The molecule has 1 fully saturated rings. The summed E-state index contributed by atoms with van der Waals surface area (Å²) in [6.45, 7) is 4.82. The SMILES string of the molecule is CC(C)(CI)CC1(I)CCCCC1. The first-order chi connectivity index (χ1) is 5.97. The minimum Gasteiger partial charge on any atom is -0.0858 e. The minimum atomic E-state index is 0.541. The van der Waals surface area contributed by atoms with E-state index in [0.29, 0.717) is 8.84 Å². The van der Waals surface area contributed by atoms with Gasteiger partial charge in [-0.1, -0.05) is 78.3 Å². The summed E-state index contributed by atoms with van der Waals surface area (Å²) in [7, 11) is 0. The van der Waals surface area contributed by atoms with Crippen molar-refractivity contribution in [3.05, 3.63) is 0 Å². The van der Waals surface area contributed by atoms with E-state index in [1.54, 1.807) is 0 Å². The number of halogens is 2.